The Balaban J connectivity index is 0. The Morgan fingerprint density at radius 2 is 1.62 bits per heavy atom. The molecule has 1 aromatic heterocycles. The number of carbonyl (C=O) groups is 1. The number of nitrogens with zero attached hydrogens (tertiary/aromatic N) is 3. The lowest BCUT2D eigenvalue weighted by molar-refractivity contribution is 0.112. The first-order valence-corrected chi connectivity index (χ1v) is 13.6. The van der Waals surface area contributed by atoms with Crippen LogP contribution in [0.2, 0.25) is 0 Å². The molecular formula is C33H52N4O2. The van der Waals surface area contributed by atoms with Crippen molar-refractivity contribution in [1.82, 2.24) is 14.9 Å². The Bertz CT molecular complexity index is 928. The minimum absolute atomic E-state index is 0.156. The molecule has 2 heterocycles. The Hall–Kier alpha value is -3.35. The van der Waals surface area contributed by atoms with E-state index < -0.39 is 0 Å². The second-order valence-electron chi connectivity index (χ2n) is 8.55. The molecule has 6 nitrogen and oxygen atoms in total. The van der Waals surface area contributed by atoms with Gasteiger partial charge >= 0.3 is 0 Å². The molecule has 0 atom stereocenters. The van der Waals surface area contributed by atoms with Crippen LogP contribution in [0.5, 0.6) is 0 Å². The fourth-order valence-corrected chi connectivity index (χ4v) is 3.25. The first-order chi connectivity index (χ1) is 18.8. The number of carbonyl (C=O) groups excluding carboxylic acids is 1. The molecule has 0 amide bonds. The van der Waals surface area contributed by atoms with Crippen molar-refractivity contribution in [3.63, 3.8) is 0 Å². The number of hydrogen-bond acceptors (Lipinski definition) is 6. The molecule has 0 aliphatic carbocycles. The number of nitrogens with one attached hydrogen (secondary N) is 1. The molecule has 1 N–H and O–H groups in total. The molecule has 1 aromatic carbocycles. The lowest BCUT2D eigenvalue weighted by atomic mass is 9.81. The Morgan fingerprint density at radius 3 is 2.03 bits per heavy atom. The number of ether oxygens (including phenoxy) is 1. The van der Waals surface area contributed by atoms with Crippen molar-refractivity contribution in [2.24, 2.45) is 0 Å². The summed E-state index contributed by atoms with van der Waals surface area (Å²) in [6, 6.07) is 10.5. The van der Waals surface area contributed by atoms with E-state index in [-0.39, 0.29) is 5.54 Å². The SMILES string of the molecule is C=C(C)/C=C\C=C/C.C=CC.CC.CCOC.CN1CCC(Nc2ncc(C=O)cn2)(c2ccccc2)CC1. The van der Waals surface area contributed by atoms with Crippen LogP contribution in [0.15, 0.2) is 91.8 Å². The zero-order valence-corrected chi connectivity index (χ0v) is 25.6. The molecule has 2 aromatic rings. The van der Waals surface area contributed by atoms with Crippen LogP contribution in [0, 0.1) is 0 Å². The number of piperidine rings is 1. The maximum atomic E-state index is 10.7. The average molecular weight is 537 g/mol. The summed E-state index contributed by atoms with van der Waals surface area (Å²) >= 11 is 0. The third-order valence-electron chi connectivity index (χ3n) is 5.30. The molecular weight excluding hydrogens is 484 g/mol. The van der Waals surface area contributed by atoms with Gasteiger partial charge in [-0.3, -0.25) is 4.79 Å². The maximum Gasteiger partial charge on any atom is 0.223 e. The molecule has 1 aliphatic heterocycles. The molecule has 1 aliphatic rings. The monoisotopic (exact) mass is 536 g/mol. The number of likely N-dealkylation sites (tertiary alicyclic amines) is 1. The van der Waals surface area contributed by atoms with Crippen LogP contribution in [-0.2, 0) is 10.3 Å². The molecule has 0 radical (unpaired) electrons. The van der Waals surface area contributed by atoms with Crippen LogP contribution >= 0.6 is 0 Å². The van der Waals surface area contributed by atoms with Gasteiger partial charge in [-0.1, -0.05) is 86.7 Å². The van der Waals surface area contributed by atoms with E-state index in [1.807, 2.05) is 71.9 Å². The van der Waals surface area contributed by atoms with Gasteiger partial charge in [-0.25, -0.2) is 9.97 Å². The third kappa shape index (κ3) is 17.7. The highest BCUT2D eigenvalue weighted by Gasteiger charge is 2.35. The molecule has 1 fully saturated rings. The lowest BCUT2D eigenvalue weighted by Gasteiger charge is -2.41. The Labute approximate surface area is 238 Å². The normalized spacial score (nSPS) is 13.6. The van der Waals surface area contributed by atoms with Gasteiger partial charge in [-0.15, -0.1) is 6.58 Å². The molecule has 216 valence electrons. The van der Waals surface area contributed by atoms with Crippen LogP contribution in [0.3, 0.4) is 0 Å². The van der Waals surface area contributed by atoms with E-state index >= 15 is 0 Å². The zero-order valence-electron chi connectivity index (χ0n) is 25.6. The van der Waals surface area contributed by atoms with Crippen molar-refractivity contribution in [3.8, 4) is 0 Å². The predicted molar refractivity (Wildman–Crippen MR) is 169 cm³/mol. The number of benzene rings is 1. The molecule has 1 saturated heterocycles. The summed E-state index contributed by atoms with van der Waals surface area (Å²) in [4.78, 5) is 21.6. The van der Waals surface area contributed by atoms with Crippen LogP contribution in [-0.4, -0.2) is 55.0 Å². The van der Waals surface area contributed by atoms with Crippen molar-refractivity contribution in [1.29, 1.82) is 0 Å². The quantitative estimate of drug-likeness (QED) is 0.220. The van der Waals surface area contributed by atoms with Crippen LogP contribution in [0.1, 0.15) is 70.3 Å². The second kappa shape index (κ2) is 25.0. The summed E-state index contributed by atoms with van der Waals surface area (Å²) in [5.74, 6) is 0.569. The van der Waals surface area contributed by atoms with Gasteiger partial charge in [0.2, 0.25) is 5.95 Å². The molecule has 0 spiro atoms. The summed E-state index contributed by atoms with van der Waals surface area (Å²) in [5, 5.41) is 3.52. The molecule has 0 bridgehead atoms. The number of aromatic nitrogens is 2. The number of methoxy groups -OCH3 is 1. The smallest absolute Gasteiger partial charge is 0.223 e. The van der Waals surface area contributed by atoms with E-state index in [9.17, 15) is 4.79 Å². The van der Waals surface area contributed by atoms with Gasteiger partial charge in [0.1, 0.15) is 0 Å². The Kier molecular flexibility index (Phi) is 24.2. The van der Waals surface area contributed by atoms with E-state index in [1.54, 1.807) is 25.6 Å². The van der Waals surface area contributed by atoms with E-state index in [4.69, 9.17) is 0 Å². The summed E-state index contributed by atoms with van der Waals surface area (Å²) < 4.78 is 4.54. The minimum atomic E-state index is -0.156. The first kappa shape index (κ1) is 37.8. The van der Waals surface area contributed by atoms with Crippen molar-refractivity contribution >= 4 is 12.2 Å². The molecule has 0 saturated carbocycles. The van der Waals surface area contributed by atoms with Gasteiger partial charge in [0, 0.05) is 39.2 Å². The topological polar surface area (TPSA) is 67.3 Å². The van der Waals surface area contributed by atoms with Gasteiger partial charge < -0.3 is 15.0 Å². The number of rotatable bonds is 7. The highest BCUT2D eigenvalue weighted by molar-refractivity contribution is 5.73. The molecule has 3 rings (SSSR count). The lowest BCUT2D eigenvalue weighted by Crippen LogP contribution is -2.46. The molecule has 6 heteroatoms. The predicted octanol–water partition coefficient (Wildman–Crippen LogP) is 7.89. The van der Waals surface area contributed by atoms with Crippen molar-refractivity contribution in [2.45, 2.75) is 59.9 Å². The first-order valence-electron chi connectivity index (χ1n) is 13.6. The van der Waals surface area contributed by atoms with Gasteiger partial charge in [0.05, 0.1) is 11.1 Å². The number of allylic oxidation sites excluding steroid dienone is 6. The van der Waals surface area contributed by atoms with Crippen molar-refractivity contribution < 1.29 is 9.53 Å². The fraction of sp³-hybridized carbons (Fsp3) is 0.424. The summed E-state index contributed by atoms with van der Waals surface area (Å²) in [7, 11) is 3.82. The number of hydrogen-bond donors (Lipinski definition) is 1. The maximum absolute atomic E-state index is 10.7. The standard InChI is InChI=1S/C17H20N4O.C8H12.C3H8O.C3H6.C2H6/c1-21-9-7-17(8-10-21,15-5-3-2-4-6-15)20-16-18-11-14(13-22)12-19-16;1-4-5-6-7-8(2)3;1-3-4-2;1-3-2;1-2/h2-6,11-13H,7-10H2,1H3,(H,18,19,20);4-7H,2H2,1,3H3;3H2,1-2H3;3H,1H2,2H3;1-2H3/b;5-4-,7-6-;;;. The molecule has 39 heavy (non-hydrogen) atoms. The van der Waals surface area contributed by atoms with Gasteiger partial charge in [0.25, 0.3) is 0 Å². The van der Waals surface area contributed by atoms with Crippen LogP contribution < -0.4 is 5.32 Å². The summed E-state index contributed by atoms with van der Waals surface area (Å²) in [6.07, 6.45) is 15.5. The number of aldehydes is 1. The third-order valence-corrected chi connectivity index (χ3v) is 5.30. The van der Waals surface area contributed by atoms with Gasteiger partial charge in [-0.05, 0) is 53.1 Å². The fourth-order valence-electron chi connectivity index (χ4n) is 3.25. The van der Waals surface area contributed by atoms with E-state index in [1.165, 1.54) is 5.56 Å². The summed E-state index contributed by atoms with van der Waals surface area (Å²) in [5.41, 5.74) is 2.67. The largest absolute Gasteiger partial charge is 0.385 e. The van der Waals surface area contributed by atoms with Crippen molar-refractivity contribution in [3.05, 3.63) is 103 Å². The highest BCUT2D eigenvalue weighted by Crippen LogP contribution is 2.35. The summed E-state index contributed by atoms with van der Waals surface area (Å²) in [6.45, 7) is 21.7. The minimum Gasteiger partial charge on any atom is -0.385 e. The van der Waals surface area contributed by atoms with Crippen molar-refractivity contribution in [2.75, 3.05) is 39.2 Å². The Morgan fingerprint density at radius 1 is 1.10 bits per heavy atom. The van der Waals surface area contributed by atoms with Crippen LogP contribution in [0.25, 0.3) is 0 Å². The van der Waals surface area contributed by atoms with Gasteiger partial charge in [0.15, 0.2) is 6.29 Å². The molecule has 0 unspecified atom stereocenters. The van der Waals surface area contributed by atoms with Gasteiger partial charge in [-0.2, -0.15) is 0 Å². The van der Waals surface area contributed by atoms with E-state index in [2.05, 4.69) is 69.4 Å². The van der Waals surface area contributed by atoms with E-state index in [0.717, 1.165) is 44.4 Å². The van der Waals surface area contributed by atoms with Crippen LogP contribution in [0.4, 0.5) is 5.95 Å². The zero-order chi connectivity index (χ0) is 29.9. The van der Waals surface area contributed by atoms with E-state index in [0.29, 0.717) is 11.5 Å². The average Bonchev–Trinajstić information content (AvgIpc) is 2.97. The number of anilines is 1. The highest BCUT2D eigenvalue weighted by atomic mass is 16.5. The second-order valence-corrected chi connectivity index (χ2v) is 8.55.